The zero-order chi connectivity index (χ0) is 13.4. The van der Waals surface area contributed by atoms with Crippen molar-refractivity contribution in [3.8, 4) is 0 Å². The average Bonchev–Trinajstić information content (AvgIpc) is 1.81. The highest BCUT2D eigenvalue weighted by Crippen LogP contribution is 1.42. The molecule has 0 spiro atoms. The number of rotatable bonds is 0. The van der Waals surface area contributed by atoms with Crippen molar-refractivity contribution >= 4 is 17.9 Å². The maximum Gasteiger partial charge on any atom is 0.300 e. The summed E-state index contributed by atoms with van der Waals surface area (Å²) in [5.74, 6) is -2.50. The van der Waals surface area contributed by atoms with Gasteiger partial charge in [0, 0.05) is 27.4 Å². The standard InChI is InChI=1S/3C2H4O2.C2H6O/c3*1-2(3)4;1-2-3/h3*1H3,(H,3,4);3H,2H2,1H3. The highest BCUT2D eigenvalue weighted by Gasteiger charge is 1.66. The molecule has 92 valence electrons. The monoisotopic (exact) mass is 226 g/mol. The number of hydrogen-bond donors (Lipinski definition) is 4. The van der Waals surface area contributed by atoms with E-state index in [4.69, 9.17) is 34.8 Å². The lowest BCUT2D eigenvalue weighted by molar-refractivity contribution is -0.135. The molecule has 4 N–H and O–H groups in total. The summed E-state index contributed by atoms with van der Waals surface area (Å²) in [7, 11) is 0. The number of hydrogen-bond acceptors (Lipinski definition) is 4. The van der Waals surface area contributed by atoms with E-state index >= 15 is 0 Å². The van der Waals surface area contributed by atoms with E-state index in [-0.39, 0.29) is 6.61 Å². The Morgan fingerprint density at radius 3 is 0.800 bits per heavy atom. The number of aliphatic hydroxyl groups is 1. The topological polar surface area (TPSA) is 132 Å². The average molecular weight is 226 g/mol. The van der Waals surface area contributed by atoms with Gasteiger partial charge in [0.15, 0.2) is 0 Å². The third-order valence-corrected chi connectivity index (χ3v) is 0. The van der Waals surface area contributed by atoms with Crippen molar-refractivity contribution in [3.05, 3.63) is 0 Å². The molecular weight excluding hydrogens is 208 g/mol. The molecule has 0 fully saturated rings. The minimum Gasteiger partial charge on any atom is -0.481 e. The Hall–Kier alpha value is -1.63. The van der Waals surface area contributed by atoms with Crippen LogP contribution in [0.1, 0.15) is 27.7 Å². The predicted molar refractivity (Wildman–Crippen MR) is 52.7 cm³/mol. The summed E-state index contributed by atoms with van der Waals surface area (Å²) in [6.45, 7) is 5.18. The molecule has 15 heavy (non-hydrogen) atoms. The minimum absolute atomic E-state index is 0.250. The van der Waals surface area contributed by atoms with Gasteiger partial charge in [-0.05, 0) is 6.92 Å². The fourth-order valence-corrected chi connectivity index (χ4v) is 0. The van der Waals surface area contributed by atoms with E-state index in [0.717, 1.165) is 20.8 Å². The Kier molecular flexibility index (Phi) is 35.5. The van der Waals surface area contributed by atoms with Gasteiger partial charge in [-0.25, -0.2) is 0 Å². The van der Waals surface area contributed by atoms with Crippen LogP contribution in [0.15, 0.2) is 0 Å². The molecule has 0 heterocycles. The molecule has 0 bridgehead atoms. The first-order chi connectivity index (χ1) is 6.61. The zero-order valence-electron chi connectivity index (χ0n) is 9.22. The second-order valence-corrected chi connectivity index (χ2v) is 1.87. The van der Waals surface area contributed by atoms with Crippen molar-refractivity contribution in [1.29, 1.82) is 0 Å². The summed E-state index contributed by atoms with van der Waals surface area (Å²) in [4.78, 5) is 27.0. The van der Waals surface area contributed by atoms with Crippen LogP contribution in [0, 0.1) is 0 Å². The van der Waals surface area contributed by atoms with Crippen LogP contribution in [0.5, 0.6) is 0 Å². The summed E-state index contributed by atoms with van der Waals surface area (Å²) in [5, 5.41) is 29.8. The first-order valence-corrected chi connectivity index (χ1v) is 3.81. The van der Waals surface area contributed by atoms with Crippen LogP contribution >= 0.6 is 0 Å². The Bertz CT molecular complexity index is 124. The SMILES string of the molecule is CC(=O)O.CC(=O)O.CC(=O)O.CCO. The van der Waals surface area contributed by atoms with Gasteiger partial charge < -0.3 is 20.4 Å². The van der Waals surface area contributed by atoms with E-state index in [9.17, 15) is 0 Å². The van der Waals surface area contributed by atoms with E-state index in [2.05, 4.69) is 0 Å². The Morgan fingerprint density at radius 2 is 0.800 bits per heavy atom. The maximum absolute atomic E-state index is 9.00. The molecule has 0 radical (unpaired) electrons. The second kappa shape index (κ2) is 22.8. The van der Waals surface area contributed by atoms with Crippen LogP contribution in [0.2, 0.25) is 0 Å². The number of aliphatic hydroxyl groups excluding tert-OH is 1. The number of carboxylic acids is 3. The van der Waals surface area contributed by atoms with E-state index in [1.54, 1.807) is 6.92 Å². The molecule has 0 aromatic rings. The van der Waals surface area contributed by atoms with Crippen molar-refractivity contribution in [2.75, 3.05) is 6.61 Å². The summed E-state index contributed by atoms with van der Waals surface area (Å²) in [6, 6.07) is 0. The molecule has 0 aromatic carbocycles. The lowest BCUT2D eigenvalue weighted by Crippen LogP contribution is -1.78. The number of carbonyl (C=O) groups is 3. The normalized spacial score (nSPS) is 6.20. The first-order valence-electron chi connectivity index (χ1n) is 3.81. The molecule has 0 saturated heterocycles. The van der Waals surface area contributed by atoms with Crippen LogP contribution in [-0.4, -0.2) is 44.9 Å². The van der Waals surface area contributed by atoms with Crippen molar-refractivity contribution in [2.24, 2.45) is 0 Å². The van der Waals surface area contributed by atoms with Crippen molar-refractivity contribution in [3.63, 3.8) is 0 Å². The molecule has 7 heteroatoms. The third-order valence-electron chi connectivity index (χ3n) is 0. The van der Waals surface area contributed by atoms with Crippen molar-refractivity contribution in [2.45, 2.75) is 27.7 Å². The molecule has 0 aliphatic carbocycles. The van der Waals surface area contributed by atoms with Gasteiger partial charge in [0.25, 0.3) is 17.9 Å². The molecule has 0 atom stereocenters. The van der Waals surface area contributed by atoms with Crippen LogP contribution < -0.4 is 0 Å². The summed E-state index contributed by atoms with van der Waals surface area (Å²) < 4.78 is 0. The van der Waals surface area contributed by atoms with Gasteiger partial charge in [0.2, 0.25) is 0 Å². The highest BCUT2D eigenvalue weighted by atomic mass is 16.4. The van der Waals surface area contributed by atoms with Crippen LogP contribution in [0.4, 0.5) is 0 Å². The zero-order valence-corrected chi connectivity index (χ0v) is 9.22. The summed E-state index contributed by atoms with van der Waals surface area (Å²) >= 11 is 0. The van der Waals surface area contributed by atoms with Gasteiger partial charge in [0.1, 0.15) is 0 Å². The molecule has 0 unspecified atom stereocenters. The number of aliphatic carboxylic acids is 3. The van der Waals surface area contributed by atoms with Gasteiger partial charge >= 0.3 is 0 Å². The Balaban J connectivity index is -0.0000000542. The van der Waals surface area contributed by atoms with Crippen LogP contribution in [-0.2, 0) is 14.4 Å². The van der Waals surface area contributed by atoms with E-state index in [1.807, 2.05) is 0 Å². The summed E-state index contributed by atoms with van der Waals surface area (Å²) in [6.07, 6.45) is 0. The smallest absolute Gasteiger partial charge is 0.300 e. The first kappa shape index (κ1) is 23.3. The largest absolute Gasteiger partial charge is 0.481 e. The quantitative estimate of drug-likeness (QED) is 0.466. The third kappa shape index (κ3) is 501. The van der Waals surface area contributed by atoms with E-state index in [0.29, 0.717) is 0 Å². The Labute approximate surface area is 88.0 Å². The maximum atomic E-state index is 9.00. The molecule has 0 aliphatic heterocycles. The molecule has 0 aromatic heterocycles. The van der Waals surface area contributed by atoms with Gasteiger partial charge in [-0.1, -0.05) is 0 Å². The highest BCUT2D eigenvalue weighted by molar-refractivity contribution is 5.63. The van der Waals surface area contributed by atoms with E-state index < -0.39 is 17.9 Å². The molecule has 0 amide bonds. The molecule has 0 rings (SSSR count). The minimum atomic E-state index is -0.833. The van der Waals surface area contributed by atoms with Crippen molar-refractivity contribution in [1.82, 2.24) is 0 Å². The molecular formula is C8H18O7. The van der Waals surface area contributed by atoms with E-state index in [1.165, 1.54) is 0 Å². The van der Waals surface area contributed by atoms with Gasteiger partial charge in [0.05, 0.1) is 0 Å². The molecule has 0 aliphatic rings. The Morgan fingerprint density at radius 1 is 0.800 bits per heavy atom. The molecule has 0 saturated carbocycles. The fraction of sp³-hybridized carbons (Fsp3) is 0.625. The van der Waals surface area contributed by atoms with Crippen LogP contribution in [0.25, 0.3) is 0 Å². The second-order valence-electron chi connectivity index (χ2n) is 1.87. The molecule has 7 nitrogen and oxygen atoms in total. The lowest BCUT2D eigenvalue weighted by Gasteiger charge is -1.59. The van der Waals surface area contributed by atoms with Crippen LogP contribution in [0.3, 0.4) is 0 Å². The van der Waals surface area contributed by atoms with Gasteiger partial charge in [-0.3, -0.25) is 14.4 Å². The predicted octanol–water partition coefficient (Wildman–Crippen LogP) is 0.271. The van der Waals surface area contributed by atoms with Gasteiger partial charge in [-0.15, -0.1) is 0 Å². The fourth-order valence-electron chi connectivity index (χ4n) is 0. The number of carboxylic acid groups (broad SMARTS) is 3. The van der Waals surface area contributed by atoms with Crippen molar-refractivity contribution < 1.29 is 34.8 Å². The van der Waals surface area contributed by atoms with Gasteiger partial charge in [-0.2, -0.15) is 0 Å². The summed E-state index contributed by atoms with van der Waals surface area (Å²) in [5.41, 5.74) is 0. The lowest BCUT2D eigenvalue weighted by atomic mass is 10.9.